The number of rotatable bonds is 7. The number of alkyl halides is 2. The number of nitrogens with one attached hydrogen (secondary N) is 1. The minimum Gasteiger partial charge on any atom is -0.415 e. The van der Waals surface area contributed by atoms with Gasteiger partial charge in [0, 0.05) is 37.7 Å². The molecule has 1 amide bonds. The number of benzene rings is 2. The van der Waals surface area contributed by atoms with Gasteiger partial charge in [0.25, 0.3) is 11.8 Å². The van der Waals surface area contributed by atoms with Crippen molar-refractivity contribution in [3.8, 4) is 22.6 Å². The number of carbonyl (C=O) groups is 1. The maximum absolute atomic E-state index is 12.7. The molecule has 0 radical (unpaired) electrons. The van der Waals surface area contributed by atoms with E-state index in [-0.39, 0.29) is 24.3 Å². The summed E-state index contributed by atoms with van der Waals surface area (Å²) >= 11 is 0. The molecule has 1 N–H and O–H groups in total. The normalized spacial score (nSPS) is 11.2. The number of hydrogen-bond acceptors (Lipinski definition) is 8. The molecule has 182 valence electrons. The van der Waals surface area contributed by atoms with Crippen LogP contribution in [-0.2, 0) is 11.3 Å². The maximum Gasteiger partial charge on any atom is 0.314 e. The van der Waals surface area contributed by atoms with Crippen LogP contribution in [0.3, 0.4) is 0 Å². The van der Waals surface area contributed by atoms with Crippen LogP contribution in [0.4, 0.5) is 20.4 Å². The molecule has 0 aliphatic carbocycles. The standard InChI is InChI=1S/C24H20F2N8O2/c1-33(2)19(35)12-34-13-29-20-17(14-6-4-3-5-7-14)8-16(9-18(20)34)30-24-27-10-15(11-28-24)22-31-32-23(36-22)21(25)26/h3-11,13,21H,12H2,1-2H3,(H,27,28,30). The lowest BCUT2D eigenvalue weighted by Gasteiger charge is -2.13. The molecule has 12 heteroatoms. The van der Waals surface area contributed by atoms with Gasteiger partial charge in [-0.15, -0.1) is 10.2 Å². The van der Waals surface area contributed by atoms with Gasteiger partial charge in [0.2, 0.25) is 11.9 Å². The van der Waals surface area contributed by atoms with Gasteiger partial charge in [-0.3, -0.25) is 4.79 Å². The van der Waals surface area contributed by atoms with Gasteiger partial charge < -0.3 is 19.2 Å². The van der Waals surface area contributed by atoms with E-state index in [2.05, 4.69) is 30.5 Å². The number of likely N-dealkylation sites (N-methyl/N-ethyl adjacent to an activating group) is 1. The van der Waals surface area contributed by atoms with Gasteiger partial charge in [0.15, 0.2) is 0 Å². The minimum absolute atomic E-state index is 0.0659. The maximum atomic E-state index is 12.7. The monoisotopic (exact) mass is 490 g/mol. The van der Waals surface area contributed by atoms with E-state index in [4.69, 9.17) is 4.42 Å². The van der Waals surface area contributed by atoms with Gasteiger partial charge in [0.05, 0.1) is 22.9 Å². The first-order valence-electron chi connectivity index (χ1n) is 10.8. The van der Waals surface area contributed by atoms with Crippen LogP contribution in [0.15, 0.2) is 65.6 Å². The lowest BCUT2D eigenvalue weighted by molar-refractivity contribution is -0.129. The first-order chi connectivity index (χ1) is 17.4. The largest absolute Gasteiger partial charge is 0.415 e. The molecule has 3 aromatic heterocycles. The summed E-state index contributed by atoms with van der Waals surface area (Å²) in [5, 5.41) is 10.1. The van der Waals surface area contributed by atoms with E-state index in [0.717, 1.165) is 22.2 Å². The fourth-order valence-corrected chi connectivity index (χ4v) is 3.56. The van der Waals surface area contributed by atoms with E-state index >= 15 is 0 Å². The quantitative estimate of drug-likeness (QED) is 0.359. The molecule has 0 unspecified atom stereocenters. The number of nitrogens with zero attached hydrogens (tertiary/aromatic N) is 7. The Labute approximate surface area is 203 Å². The molecule has 0 aliphatic rings. The number of fused-ring (bicyclic) bond motifs is 1. The predicted molar refractivity (Wildman–Crippen MR) is 127 cm³/mol. The zero-order valence-corrected chi connectivity index (χ0v) is 19.3. The second kappa shape index (κ2) is 9.49. The third kappa shape index (κ3) is 4.60. The molecule has 0 bridgehead atoms. The first kappa shape index (κ1) is 23.0. The van der Waals surface area contributed by atoms with Crippen molar-refractivity contribution in [1.29, 1.82) is 0 Å². The average molecular weight is 490 g/mol. The highest BCUT2D eigenvalue weighted by Gasteiger charge is 2.18. The fraction of sp³-hybridized carbons (Fsp3) is 0.167. The number of halogens is 2. The molecule has 5 aromatic rings. The van der Waals surface area contributed by atoms with Crippen molar-refractivity contribution < 1.29 is 18.0 Å². The Balaban J connectivity index is 1.49. The second-order valence-corrected chi connectivity index (χ2v) is 8.08. The van der Waals surface area contributed by atoms with Gasteiger partial charge in [0.1, 0.15) is 6.54 Å². The van der Waals surface area contributed by atoms with Crippen LogP contribution in [0.5, 0.6) is 0 Å². The third-order valence-corrected chi connectivity index (χ3v) is 5.40. The van der Waals surface area contributed by atoms with E-state index in [1.165, 1.54) is 17.3 Å². The molecule has 0 aliphatic heterocycles. The van der Waals surface area contributed by atoms with E-state index in [1.807, 2.05) is 42.5 Å². The topological polar surface area (TPSA) is 115 Å². The van der Waals surface area contributed by atoms with Crippen LogP contribution in [-0.4, -0.2) is 54.6 Å². The zero-order valence-electron chi connectivity index (χ0n) is 19.3. The summed E-state index contributed by atoms with van der Waals surface area (Å²) in [6.45, 7) is 0.136. The molecular weight excluding hydrogens is 470 g/mol. The second-order valence-electron chi connectivity index (χ2n) is 8.08. The SMILES string of the molecule is CN(C)C(=O)Cn1cnc2c(-c3ccccc3)cc(Nc3ncc(-c4nnc(C(F)F)o4)cn3)cc21. The van der Waals surface area contributed by atoms with Crippen LogP contribution >= 0.6 is 0 Å². The summed E-state index contributed by atoms with van der Waals surface area (Å²) < 4.78 is 32.2. The molecule has 0 atom stereocenters. The summed E-state index contributed by atoms with van der Waals surface area (Å²) in [5.41, 5.74) is 4.31. The van der Waals surface area contributed by atoms with Gasteiger partial charge in [-0.05, 0) is 17.7 Å². The number of anilines is 2. The molecule has 0 saturated carbocycles. The van der Waals surface area contributed by atoms with Gasteiger partial charge in [-0.2, -0.15) is 8.78 Å². The number of aromatic nitrogens is 6. The summed E-state index contributed by atoms with van der Waals surface area (Å²) in [5.74, 6) is -0.664. The highest BCUT2D eigenvalue weighted by Crippen LogP contribution is 2.32. The van der Waals surface area contributed by atoms with Crippen molar-refractivity contribution in [2.24, 2.45) is 0 Å². The summed E-state index contributed by atoms with van der Waals surface area (Å²) in [6.07, 6.45) is 1.58. The highest BCUT2D eigenvalue weighted by atomic mass is 19.3. The van der Waals surface area contributed by atoms with Crippen molar-refractivity contribution in [2.75, 3.05) is 19.4 Å². The van der Waals surface area contributed by atoms with Crippen LogP contribution < -0.4 is 5.32 Å². The predicted octanol–water partition coefficient (Wildman–Crippen LogP) is 4.31. The molecule has 0 fully saturated rings. The zero-order chi connectivity index (χ0) is 25.2. The fourth-order valence-electron chi connectivity index (χ4n) is 3.56. The van der Waals surface area contributed by atoms with E-state index < -0.39 is 12.3 Å². The number of carbonyl (C=O) groups excluding carboxylic acids is 1. The Morgan fingerprint density at radius 1 is 1.06 bits per heavy atom. The molecule has 5 rings (SSSR count). The van der Waals surface area contributed by atoms with Crippen molar-refractivity contribution in [3.05, 3.63) is 67.1 Å². The van der Waals surface area contributed by atoms with Crippen LogP contribution in [0, 0.1) is 0 Å². The van der Waals surface area contributed by atoms with Crippen LogP contribution in [0.2, 0.25) is 0 Å². The number of hydrogen-bond donors (Lipinski definition) is 1. The smallest absolute Gasteiger partial charge is 0.314 e. The lowest BCUT2D eigenvalue weighted by Crippen LogP contribution is -2.25. The first-order valence-corrected chi connectivity index (χ1v) is 10.8. The Morgan fingerprint density at radius 3 is 2.47 bits per heavy atom. The van der Waals surface area contributed by atoms with Gasteiger partial charge in [-0.25, -0.2) is 15.0 Å². The van der Waals surface area contributed by atoms with E-state index in [9.17, 15) is 13.6 Å². The van der Waals surface area contributed by atoms with E-state index in [0.29, 0.717) is 11.3 Å². The Bertz CT molecular complexity index is 1510. The number of amides is 1. The Kier molecular flexibility index (Phi) is 6.07. The van der Waals surface area contributed by atoms with Gasteiger partial charge in [-0.1, -0.05) is 30.3 Å². The highest BCUT2D eigenvalue weighted by molar-refractivity contribution is 5.96. The number of imidazole rings is 1. The molecule has 10 nitrogen and oxygen atoms in total. The molecule has 2 aromatic carbocycles. The van der Waals surface area contributed by atoms with Gasteiger partial charge >= 0.3 is 6.43 Å². The van der Waals surface area contributed by atoms with Crippen molar-refractivity contribution in [3.63, 3.8) is 0 Å². The average Bonchev–Trinajstić information content (AvgIpc) is 3.53. The van der Waals surface area contributed by atoms with Crippen molar-refractivity contribution in [1.82, 2.24) is 34.6 Å². The third-order valence-electron chi connectivity index (χ3n) is 5.40. The van der Waals surface area contributed by atoms with Crippen molar-refractivity contribution in [2.45, 2.75) is 13.0 Å². The molecule has 0 spiro atoms. The lowest BCUT2D eigenvalue weighted by atomic mass is 10.0. The van der Waals surface area contributed by atoms with E-state index in [1.54, 1.807) is 25.0 Å². The molecule has 36 heavy (non-hydrogen) atoms. The minimum atomic E-state index is -2.86. The van der Waals surface area contributed by atoms with Crippen LogP contribution in [0.1, 0.15) is 12.3 Å². The molecule has 0 saturated heterocycles. The van der Waals surface area contributed by atoms with Crippen LogP contribution in [0.25, 0.3) is 33.6 Å². The summed E-state index contributed by atoms with van der Waals surface area (Å²) in [4.78, 5) is 26.9. The molecule has 3 heterocycles. The summed E-state index contributed by atoms with van der Waals surface area (Å²) in [7, 11) is 3.40. The Hall–Kier alpha value is -4.74. The Morgan fingerprint density at radius 2 is 1.81 bits per heavy atom. The molecular formula is C24H20F2N8O2. The summed E-state index contributed by atoms with van der Waals surface area (Å²) in [6, 6.07) is 13.5. The van der Waals surface area contributed by atoms with Crippen molar-refractivity contribution >= 4 is 28.6 Å².